The maximum atomic E-state index is 13.0. The molecule has 0 aliphatic heterocycles. The molecule has 0 aliphatic carbocycles. The van der Waals surface area contributed by atoms with Crippen LogP contribution in [-0.2, 0) is 5.75 Å². The fourth-order valence-corrected chi connectivity index (χ4v) is 3.88. The van der Waals surface area contributed by atoms with Crippen LogP contribution >= 0.6 is 11.8 Å². The maximum absolute atomic E-state index is 13.0. The highest BCUT2D eigenvalue weighted by Gasteiger charge is 2.14. The molecule has 0 bridgehead atoms. The lowest BCUT2D eigenvalue weighted by Crippen LogP contribution is -2.02. The Morgan fingerprint density at radius 3 is 2.68 bits per heavy atom. The molecule has 0 saturated carbocycles. The first-order valence-electron chi connectivity index (χ1n) is 8.62. The average molecular weight is 397 g/mol. The molecule has 4 rings (SSSR count). The number of imidazole rings is 1. The standard InChI is InChI=1S/C21H17F2N3OS/c1-27-15-7-8-16-17(14-5-3-2-4-6-14)12-20(25-18(16)11-15)28-13-19-24-9-10-26(19)21(22)23/h2-12,21H,13H2,1H3. The van der Waals surface area contributed by atoms with Gasteiger partial charge in [-0.3, -0.25) is 4.57 Å². The zero-order valence-corrected chi connectivity index (χ0v) is 15.9. The van der Waals surface area contributed by atoms with Gasteiger partial charge < -0.3 is 4.74 Å². The van der Waals surface area contributed by atoms with Gasteiger partial charge in [0.15, 0.2) is 0 Å². The molecule has 4 nitrogen and oxygen atoms in total. The first-order valence-corrected chi connectivity index (χ1v) is 9.61. The second-order valence-electron chi connectivity index (χ2n) is 6.07. The van der Waals surface area contributed by atoms with Gasteiger partial charge >= 0.3 is 6.55 Å². The first kappa shape index (κ1) is 18.4. The van der Waals surface area contributed by atoms with Crippen molar-refractivity contribution in [3.63, 3.8) is 0 Å². The van der Waals surface area contributed by atoms with Crippen molar-refractivity contribution in [2.75, 3.05) is 7.11 Å². The van der Waals surface area contributed by atoms with Crippen molar-refractivity contribution in [3.05, 3.63) is 72.8 Å². The average Bonchev–Trinajstić information content (AvgIpc) is 3.21. The van der Waals surface area contributed by atoms with Crippen LogP contribution in [0.15, 0.2) is 72.0 Å². The van der Waals surface area contributed by atoms with Crippen LogP contribution in [0.2, 0.25) is 0 Å². The van der Waals surface area contributed by atoms with E-state index in [9.17, 15) is 8.78 Å². The van der Waals surface area contributed by atoms with Crippen molar-refractivity contribution in [1.82, 2.24) is 14.5 Å². The molecular weight excluding hydrogens is 380 g/mol. The van der Waals surface area contributed by atoms with E-state index in [2.05, 4.69) is 4.98 Å². The number of ether oxygens (including phenoxy) is 1. The molecule has 28 heavy (non-hydrogen) atoms. The molecule has 0 atom stereocenters. The number of methoxy groups -OCH3 is 1. The summed E-state index contributed by atoms with van der Waals surface area (Å²) in [4.78, 5) is 8.74. The van der Waals surface area contributed by atoms with Gasteiger partial charge in [-0.1, -0.05) is 42.1 Å². The van der Waals surface area contributed by atoms with Gasteiger partial charge in [-0.15, -0.1) is 0 Å². The van der Waals surface area contributed by atoms with Crippen molar-refractivity contribution in [2.24, 2.45) is 0 Å². The summed E-state index contributed by atoms with van der Waals surface area (Å²) in [5.41, 5.74) is 2.89. The molecule has 0 radical (unpaired) electrons. The number of fused-ring (bicyclic) bond motifs is 1. The lowest BCUT2D eigenvalue weighted by Gasteiger charge is -2.11. The molecule has 7 heteroatoms. The van der Waals surface area contributed by atoms with E-state index in [0.717, 1.165) is 37.4 Å². The number of nitrogens with zero attached hydrogens (tertiary/aromatic N) is 3. The summed E-state index contributed by atoms with van der Waals surface area (Å²) in [6, 6.07) is 17.8. The van der Waals surface area contributed by atoms with Crippen LogP contribution in [0.25, 0.3) is 22.0 Å². The molecule has 0 amide bonds. The minimum Gasteiger partial charge on any atom is -0.497 e. The van der Waals surface area contributed by atoms with Crippen LogP contribution in [0.1, 0.15) is 12.4 Å². The van der Waals surface area contributed by atoms with Gasteiger partial charge in [0, 0.05) is 23.8 Å². The third-order valence-electron chi connectivity index (χ3n) is 4.39. The van der Waals surface area contributed by atoms with E-state index in [0.29, 0.717) is 11.6 Å². The Kier molecular flexibility index (Phi) is 5.25. The molecule has 0 N–H and O–H groups in total. The number of hydrogen-bond acceptors (Lipinski definition) is 4. The quantitative estimate of drug-likeness (QED) is 0.386. The third-order valence-corrected chi connectivity index (χ3v) is 5.29. The largest absolute Gasteiger partial charge is 0.497 e. The second-order valence-corrected chi connectivity index (χ2v) is 7.07. The predicted octanol–water partition coefficient (Wildman–Crippen LogP) is 5.79. The van der Waals surface area contributed by atoms with Gasteiger partial charge in [0.1, 0.15) is 11.6 Å². The predicted molar refractivity (Wildman–Crippen MR) is 107 cm³/mol. The molecule has 0 saturated heterocycles. The maximum Gasteiger partial charge on any atom is 0.319 e. The number of hydrogen-bond donors (Lipinski definition) is 0. The van der Waals surface area contributed by atoms with Gasteiger partial charge in [0.2, 0.25) is 0 Å². The minimum atomic E-state index is -2.60. The number of thioether (sulfide) groups is 1. The fourth-order valence-electron chi connectivity index (χ4n) is 3.01. The summed E-state index contributed by atoms with van der Waals surface area (Å²) in [6.07, 6.45) is 2.67. The molecule has 142 valence electrons. The van der Waals surface area contributed by atoms with Gasteiger partial charge in [-0.2, -0.15) is 8.78 Å². The van der Waals surface area contributed by atoms with E-state index in [1.165, 1.54) is 24.2 Å². The highest BCUT2D eigenvalue weighted by molar-refractivity contribution is 7.98. The number of pyridine rings is 1. The van der Waals surface area contributed by atoms with Crippen LogP contribution < -0.4 is 4.74 Å². The Bertz CT molecular complexity index is 1100. The van der Waals surface area contributed by atoms with Crippen LogP contribution in [0, 0.1) is 0 Å². The monoisotopic (exact) mass is 397 g/mol. The topological polar surface area (TPSA) is 39.9 Å². The van der Waals surface area contributed by atoms with E-state index < -0.39 is 6.55 Å². The Morgan fingerprint density at radius 2 is 1.93 bits per heavy atom. The van der Waals surface area contributed by atoms with Crippen molar-refractivity contribution in [1.29, 1.82) is 0 Å². The minimum absolute atomic E-state index is 0.300. The summed E-state index contributed by atoms with van der Waals surface area (Å²) in [5, 5.41) is 1.74. The van der Waals surface area contributed by atoms with Crippen molar-refractivity contribution < 1.29 is 13.5 Å². The summed E-state index contributed by atoms with van der Waals surface area (Å²) in [5.74, 6) is 1.33. The molecular formula is C21H17F2N3OS. The summed E-state index contributed by atoms with van der Waals surface area (Å²) in [7, 11) is 1.61. The van der Waals surface area contributed by atoms with Gasteiger partial charge in [-0.05, 0) is 29.3 Å². The lowest BCUT2D eigenvalue weighted by atomic mass is 10.0. The van der Waals surface area contributed by atoms with Crippen LogP contribution in [0.3, 0.4) is 0 Å². The van der Waals surface area contributed by atoms with Crippen LogP contribution in [-0.4, -0.2) is 21.6 Å². The summed E-state index contributed by atoms with van der Waals surface area (Å²) < 4.78 is 32.3. The molecule has 2 aromatic heterocycles. The molecule has 0 spiro atoms. The van der Waals surface area contributed by atoms with Gasteiger partial charge in [0.05, 0.1) is 23.4 Å². The Labute approximate surface area is 165 Å². The van der Waals surface area contributed by atoms with Gasteiger partial charge in [-0.25, -0.2) is 9.97 Å². The third kappa shape index (κ3) is 3.71. The molecule has 2 heterocycles. The normalized spacial score (nSPS) is 11.3. The Morgan fingerprint density at radius 1 is 1.11 bits per heavy atom. The molecule has 0 aliphatic rings. The summed E-state index contributed by atoms with van der Waals surface area (Å²) in [6.45, 7) is -2.60. The number of halogens is 2. The van der Waals surface area contributed by atoms with E-state index in [1.807, 2.05) is 54.6 Å². The Hall–Kier alpha value is -2.93. The molecule has 0 unspecified atom stereocenters. The number of aromatic nitrogens is 3. The number of alkyl halides is 2. The van der Waals surface area contributed by atoms with Crippen molar-refractivity contribution in [3.8, 4) is 16.9 Å². The molecule has 2 aromatic carbocycles. The van der Waals surface area contributed by atoms with Crippen molar-refractivity contribution in [2.45, 2.75) is 17.3 Å². The van der Waals surface area contributed by atoms with Crippen LogP contribution in [0.5, 0.6) is 5.75 Å². The summed E-state index contributed by atoms with van der Waals surface area (Å²) >= 11 is 1.38. The van der Waals surface area contributed by atoms with E-state index >= 15 is 0 Å². The lowest BCUT2D eigenvalue weighted by molar-refractivity contribution is 0.0678. The van der Waals surface area contributed by atoms with Crippen molar-refractivity contribution >= 4 is 22.7 Å². The van der Waals surface area contributed by atoms with Crippen LogP contribution in [0.4, 0.5) is 8.78 Å². The van der Waals surface area contributed by atoms with E-state index in [1.54, 1.807) is 7.11 Å². The highest BCUT2D eigenvalue weighted by atomic mass is 32.2. The van der Waals surface area contributed by atoms with E-state index in [4.69, 9.17) is 9.72 Å². The number of benzene rings is 2. The zero-order valence-electron chi connectivity index (χ0n) is 15.0. The Balaban J connectivity index is 1.74. The molecule has 0 fully saturated rings. The van der Waals surface area contributed by atoms with Gasteiger partial charge in [0.25, 0.3) is 0 Å². The fraction of sp³-hybridized carbons (Fsp3) is 0.143. The SMILES string of the molecule is COc1ccc2c(-c3ccccc3)cc(SCc3nccn3C(F)F)nc2c1. The molecule has 4 aromatic rings. The highest BCUT2D eigenvalue weighted by Crippen LogP contribution is 2.34. The van der Waals surface area contributed by atoms with E-state index in [-0.39, 0.29) is 0 Å². The second kappa shape index (κ2) is 7.98. The number of rotatable bonds is 6. The smallest absolute Gasteiger partial charge is 0.319 e. The zero-order chi connectivity index (χ0) is 19.5. The first-order chi connectivity index (χ1) is 13.7.